The summed E-state index contributed by atoms with van der Waals surface area (Å²) in [6.07, 6.45) is 0.137. The third kappa shape index (κ3) is 0.710. The lowest BCUT2D eigenvalue weighted by Gasteiger charge is -2.09. The fourth-order valence-electron chi connectivity index (χ4n) is 1.30. The minimum Gasteiger partial charge on any atom is -0.327 e. The largest absolute Gasteiger partial charge is 0.327 e. The third-order valence-corrected chi connectivity index (χ3v) is 1.75. The van der Waals surface area contributed by atoms with Crippen LogP contribution in [-0.2, 0) is 4.79 Å². The van der Waals surface area contributed by atoms with Crippen molar-refractivity contribution >= 4 is 5.91 Å². The van der Waals surface area contributed by atoms with Crippen molar-refractivity contribution in [3.63, 3.8) is 0 Å². The second-order valence-electron chi connectivity index (χ2n) is 2.39. The highest BCUT2D eigenvalue weighted by Gasteiger charge is 2.32. The van der Waals surface area contributed by atoms with E-state index in [1.165, 1.54) is 0 Å². The SMILES string of the molecule is O=C1CN2CCNC2N1. The maximum Gasteiger partial charge on any atom is 0.236 e. The number of amides is 1. The van der Waals surface area contributed by atoms with Crippen LogP contribution < -0.4 is 10.6 Å². The highest BCUT2D eigenvalue weighted by molar-refractivity contribution is 5.80. The zero-order valence-corrected chi connectivity index (χ0v) is 5.05. The molecule has 50 valence electrons. The van der Waals surface area contributed by atoms with Crippen molar-refractivity contribution in [2.45, 2.75) is 6.29 Å². The van der Waals surface area contributed by atoms with Crippen LogP contribution in [0.4, 0.5) is 0 Å². The molecular weight excluding hydrogens is 118 g/mol. The van der Waals surface area contributed by atoms with Crippen LogP contribution in [0.1, 0.15) is 0 Å². The average Bonchev–Trinajstić information content (AvgIpc) is 2.22. The van der Waals surface area contributed by atoms with Crippen LogP contribution >= 0.6 is 0 Å². The van der Waals surface area contributed by atoms with E-state index in [0.29, 0.717) is 6.54 Å². The Labute approximate surface area is 53.2 Å². The van der Waals surface area contributed by atoms with E-state index < -0.39 is 0 Å². The number of carbonyl (C=O) groups excluding carboxylic acids is 1. The molecule has 2 heterocycles. The molecule has 2 aliphatic heterocycles. The molecule has 9 heavy (non-hydrogen) atoms. The first-order chi connectivity index (χ1) is 4.36. The summed E-state index contributed by atoms with van der Waals surface area (Å²) in [6, 6.07) is 0. The molecule has 0 radical (unpaired) electrons. The molecule has 0 aliphatic carbocycles. The summed E-state index contributed by atoms with van der Waals surface area (Å²) in [5.74, 6) is 0.132. The minimum atomic E-state index is 0.132. The van der Waals surface area contributed by atoms with Gasteiger partial charge in [-0.2, -0.15) is 0 Å². The number of nitrogens with zero attached hydrogens (tertiary/aromatic N) is 1. The van der Waals surface area contributed by atoms with Crippen molar-refractivity contribution in [2.24, 2.45) is 0 Å². The quantitative estimate of drug-likeness (QED) is 0.408. The predicted molar refractivity (Wildman–Crippen MR) is 31.5 cm³/mol. The second kappa shape index (κ2) is 1.68. The minimum absolute atomic E-state index is 0.132. The summed E-state index contributed by atoms with van der Waals surface area (Å²) < 4.78 is 0. The molecule has 0 aromatic carbocycles. The lowest BCUT2D eigenvalue weighted by atomic mass is 10.5. The number of nitrogens with one attached hydrogen (secondary N) is 2. The Morgan fingerprint density at radius 3 is 3.33 bits per heavy atom. The summed E-state index contributed by atoms with van der Waals surface area (Å²) in [5, 5.41) is 5.93. The molecule has 1 unspecified atom stereocenters. The van der Waals surface area contributed by atoms with Crippen molar-refractivity contribution < 1.29 is 4.79 Å². The Kier molecular flexibility index (Phi) is 0.972. The van der Waals surface area contributed by atoms with Crippen molar-refractivity contribution in [1.29, 1.82) is 0 Å². The van der Waals surface area contributed by atoms with E-state index >= 15 is 0 Å². The summed E-state index contributed by atoms with van der Waals surface area (Å²) in [5.41, 5.74) is 0. The van der Waals surface area contributed by atoms with Gasteiger partial charge < -0.3 is 5.32 Å². The number of hydrogen-bond donors (Lipinski definition) is 2. The fourth-order valence-corrected chi connectivity index (χ4v) is 1.30. The topological polar surface area (TPSA) is 44.4 Å². The Hall–Kier alpha value is -0.610. The molecule has 1 atom stereocenters. The number of fused-ring (bicyclic) bond motifs is 1. The average molecular weight is 127 g/mol. The van der Waals surface area contributed by atoms with Gasteiger partial charge in [0.2, 0.25) is 5.91 Å². The first kappa shape index (κ1) is 5.20. The summed E-state index contributed by atoms with van der Waals surface area (Å²) >= 11 is 0. The normalized spacial score (nSPS) is 34.7. The second-order valence-corrected chi connectivity index (χ2v) is 2.39. The van der Waals surface area contributed by atoms with Crippen LogP contribution in [0.5, 0.6) is 0 Å². The number of carbonyl (C=O) groups is 1. The predicted octanol–water partition coefficient (Wildman–Crippen LogP) is -1.69. The molecule has 4 nitrogen and oxygen atoms in total. The van der Waals surface area contributed by atoms with Gasteiger partial charge in [0.25, 0.3) is 0 Å². The molecular formula is C5H9N3O. The van der Waals surface area contributed by atoms with Crippen molar-refractivity contribution in [2.75, 3.05) is 19.6 Å². The van der Waals surface area contributed by atoms with Gasteiger partial charge in [0.05, 0.1) is 6.54 Å². The standard InChI is InChI=1S/C5H9N3O/c9-4-3-8-2-1-6-5(8)7-4/h5-6H,1-3H2,(H,7,9). The molecule has 2 saturated heterocycles. The molecule has 2 fully saturated rings. The summed E-state index contributed by atoms with van der Waals surface area (Å²) in [7, 11) is 0. The fraction of sp³-hybridized carbons (Fsp3) is 0.800. The summed E-state index contributed by atoms with van der Waals surface area (Å²) in [6.45, 7) is 2.55. The monoisotopic (exact) mass is 127 g/mol. The van der Waals surface area contributed by atoms with E-state index in [-0.39, 0.29) is 12.2 Å². The first-order valence-electron chi connectivity index (χ1n) is 3.13. The van der Waals surface area contributed by atoms with Crippen LogP contribution in [0.25, 0.3) is 0 Å². The van der Waals surface area contributed by atoms with Gasteiger partial charge in [-0.25, -0.2) is 0 Å². The maximum absolute atomic E-state index is 10.7. The van der Waals surface area contributed by atoms with E-state index in [0.717, 1.165) is 13.1 Å². The molecule has 4 heteroatoms. The van der Waals surface area contributed by atoms with Gasteiger partial charge in [0, 0.05) is 13.1 Å². The Morgan fingerprint density at radius 2 is 2.56 bits per heavy atom. The van der Waals surface area contributed by atoms with Crippen LogP contribution in [0, 0.1) is 0 Å². The molecule has 2 aliphatic rings. The highest BCUT2D eigenvalue weighted by Crippen LogP contribution is 2.04. The van der Waals surface area contributed by atoms with Crippen molar-refractivity contribution in [1.82, 2.24) is 15.5 Å². The van der Waals surface area contributed by atoms with Crippen molar-refractivity contribution in [3.05, 3.63) is 0 Å². The van der Waals surface area contributed by atoms with Gasteiger partial charge >= 0.3 is 0 Å². The molecule has 0 aromatic rings. The molecule has 0 saturated carbocycles. The van der Waals surface area contributed by atoms with E-state index in [9.17, 15) is 4.79 Å². The van der Waals surface area contributed by atoms with Gasteiger partial charge in [0.1, 0.15) is 6.29 Å². The zero-order chi connectivity index (χ0) is 6.27. The lowest BCUT2D eigenvalue weighted by Crippen LogP contribution is -2.39. The van der Waals surface area contributed by atoms with Crippen LogP contribution in [0.3, 0.4) is 0 Å². The van der Waals surface area contributed by atoms with Crippen LogP contribution in [-0.4, -0.2) is 36.7 Å². The number of hydrogen-bond acceptors (Lipinski definition) is 3. The Morgan fingerprint density at radius 1 is 1.67 bits per heavy atom. The Bertz CT molecular complexity index is 133. The van der Waals surface area contributed by atoms with E-state index in [1.54, 1.807) is 0 Å². The van der Waals surface area contributed by atoms with Gasteiger partial charge in [-0.05, 0) is 0 Å². The molecule has 0 bridgehead atoms. The highest BCUT2D eigenvalue weighted by atomic mass is 16.2. The van der Waals surface area contributed by atoms with Gasteiger partial charge in [-0.1, -0.05) is 0 Å². The maximum atomic E-state index is 10.7. The lowest BCUT2D eigenvalue weighted by molar-refractivity contribution is -0.118. The van der Waals surface area contributed by atoms with Gasteiger partial charge in [-0.15, -0.1) is 0 Å². The Balaban J connectivity index is 2.09. The molecule has 0 aromatic heterocycles. The third-order valence-electron chi connectivity index (χ3n) is 1.75. The molecule has 1 amide bonds. The van der Waals surface area contributed by atoms with Gasteiger partial charge in [-0.3, -0.25) is 15.0 Å². The van der Waals surface area contributed by atoms with Crippen LogP contribution in [0.15, 0.2) is 0 Å². The van der Waals surface area contributed by atoms with Gasteiger partial charge in [0.15, 0.2) is 0 Å². The molecule has 2 rings (SSSR count). The molecule has 2 N–H and O–H groups in total. The van der Waals surface area contributed by atoms with E-state index in [2.05, 4.69) is 15.5 Å². The number of rotatable bonds is 0. The van der Waals surface area contributed by atoms with E-state index in [1.807, 2.05) is 0 Å². The van der Waals surface area contributed by atoms with Crippen LogP contribution in [0.2, 0.25) is 0 Å². The van der Waals surface area contributed by atoms with Crippen molar-refractivity contribution in [3.8, 4) is 0 Å². The zero-order valence-electron chi connectivity index (χ0n) is 5.05. The molecule has 0 spiro atoms. The first-order valence-corrected chi connectivity index (χ1v) is 3.13. The summed E-state index contributed by atoms with van der Waals surface area (Å²) in [4.78, 5) is 12.7. The van der Waals surface area contributed by atoms with E-state index in [4.69, 9.17) is 0 Å². The smallest absolute Gasteiger partial charge is 0.236 e.